The number of amides is 1. The minimum absolute atomic E-state index is 0.0900. The van der Waals surface area contributed by atoms with E-state index >= 15 is 0 Å². The van der Waals surface area contributed by atoms with Crippen LogP contribution in [0.4, 0.5) is 5.69 Å². The SMILES string of the molecule is O=C(CC1CCS(=O)(=O)C1)Nc1ccc(Cl)c(Cl)c1. The second-order valence-electron chi connectivity index (χ2n) is 4.65. The summed E-state index contributed by atoms with van der Waals surface area (Å²) >= 11 is 11.6. The van der Waals surface area contributed by atoms with Gasteiger partial charge in [0.25, 0.3) is 0 Å². The van der Waals surface area contributed by atoms with Crippen molar-refractivity contribution in [2.24, 2.45) is 5.92 Å². The molecule has 1 aromatic carbocycles. The van der Waals surface area contributed by atoms with Crippen LogP contribution >= 0.6 is 23.2 Å². The molecule has 1 fully saturated rings. The number of rotatable bonds is 3. The molecule has 4 nitrogen and oxygen atoms in total. The zero-order chi connectivity index (χ0) is 14.0. The van der Waals surface area contributed by atoms with Crippen molar-refractivity contribution in [2.75, 3.05) is 16.8 Å². The monoisotopic (exact) mass is 321 g/mol. The highest BCUT2D eigenvalue weighted by molar-refractivity contribution is 7.91. The standard InChI is InChI=1S/C12H13Cl2NO3S/c13-10-2-1-9(6-11(10)14)15-12(16)5-8-3-4-19(17,18)7-8/h1-2,6,8H,3-5,7H2,(H,15,16). The van der Waals surface area contributed by atoms with Crippen LogP contribution in [0.2, 0.25) is 10.0 Å². The van der Waals surface area contributed by atoms with Crippen LogP contribution in [0.15, 0.2) is 18.2 Å². The first-order chi connectivity index (χ1) is 8.85. The molecule has 1 unspecified atom stereocenters. The maximum absolute atomic E-state index is 11.8. The molecule has 0 aromatic heterocycles. The molecule has 104 valence electrons. The van der Waals surface area contributed by atoms with Gasteiger partial charge >= 0.3 is 0 Å². The number of hydrogen-bond donors (Lipinski definition) is 1. The molecule has 0 bridgehead atoms. The summed E-state index contributed by atoms with van der Waals surface area (Å²) in [5, 5.41) is 3.47. The Kier molecular flexibility index (Phi) is 4.38. The van der Waals surface area contributed by atoms with Crippen molar-refractivity contribution in [2.45, 2.75) is 12.8 Å². The van der Waals surface area contributed by atoms with Gasteiger partial charge in [-0.3, -0.25) is 4.79 Å². The predicted octanol–water partition coefficient (Wildman–Crippen LogP) is 2.76. The number of anilines is 1. The first-order valence-corrected chi connectivity index (χ1v) is 8.39. The van der Waals surface area contributed by atoms with Gasteiger partial charge in [0.2, 0.25) is 5.91 Å². The summed E-state index contributed by atoms with van der Waals surface area (Å²) in [4.78, 5) is 11.8. The molecule has 1 aromatic rings. The maximum Gasteiger partial charge on any atom is 0.224 e. The first kappa shape index (κ1) is 14.6. The van der Waals surface area contributed by atoms with Crippen molar-refractivity contribution in [1.82, 2.24) is 0 Å². The maximum atomic E-state index is 11.8. The molecule has 0 spiro atoms. The van der Waals surface area contributed by atoms with E-state index in [0.29, 0.717) is 22.2 Å². The molecule has 1 aliphatic rings. The molecule has 1 aliphatic heterocycles. The van der Waals surface area contributed by atoms with Gasteiger partial charge in [-0.05, 0) is 30.5 Å². The minimum atomic E-state index is -2.94. The van der Waals surface area contributed by atoms with Crippen molar-refractivity contribution in [3.63, 3.8) is 0 Å². The zero-order valence-electron chi connectivity index (χ0n) is 10.0. The van der Waals surface area contributed by atoms with E-state index in [-0.39, 0.29) is 29.8 Å². The lowest BCUT2D eigenvalue weighted by Crippen LogP contribution is -2.17. The predicted molar refractivity (Wildman–Crippen MR) is 76.5 cm³/mol. The summed E-state index contributed by atoms with van der Waals surface area (Å²) in [5.41, 5.74) is 0.556. The summed E-state index contributed by atoms with van der Waals surface area (Å²) in [7, 11) is -2.94. The summed E-state index contributed by atoms with van der Waals surface area (Å²) in [5.74, 6) is -0.0206. The fourth-order valence-corrected chi connectivity index (χ4v) is 4.24. The summed E-state index contributed by atoms with van der Waals surface area (Å²) in [6.07, 6.45) is 0.761. The molecule has 1 N–H and O–H groups in total. The van der Waals surface area contributed by atoms with E-state index in [1.807, 2.05) is 0 Å². The topological polar surface area (TPSA) is 63.2 Å². The van der Waals surface area contributed by atoms with Gasteiger partial charge in [-0.25, -0.2) is 8.42 Å². The van der Waals surface area contributed by atoms with E-state index in [9.17, 15) is 13.2 Å². The number of carbonyl (C=O) groups excluding carboxylic acids is 1. The number of halogens is 2. The van der Waals surface area contributed by atoms with Gasteiger partial charge in [-0.1, -0.05) is 23.2 Å². The lowest BCUT2D eigenvalue weighted by Gasteiger charge is -2.09. The van der Waals surface area contributed by atoms with Gasteiger partial charge in [0.15, 0.2) is 9.84 Å². The minimum Gasteiger partial charge on any atom is -0.326 e. The molecule has 19 heavy (non-hydrogen) atoms. The van der Waals surface area contributed by atoms with Gasteiger partial charge in [-0.15, -0.1) is 0 Å². The van der Waals surface area contributed by atoms with Crippen LogP contribution in [0.3, 0.4) is 0 Å². The van der Waals surface area contributed by atoms with Crippen LogP contribution in [0.1, 0.15) is 12.8 Å². The van der Waals surface area contributed by atoms with E-state index in [0.717, 1.165) is 0 Å². The zero-order valence-corrected chi connectivity index (χ0v) is 12.4. The molecule has 1 heterocycles. The van der Waals surface area contributed by atoms with Crippen molar-refractivity contribution in [3.8, 4) is 0 Å². The van der Waals surface area contributed by atoms with Crippen LogP contribution in [0.5, 0.6) is 0 Å². The Balaban J connectivity index is 1.93. The van der Waals surface area contributed by atoms with E-state index in [4.69, 9.17) is 23.2 Å². The fraction of sp³-hybridized carbons (Fsp3) is 0.417. The summed E-state index contributed by atoms with van der Waals surface area (Å²) in [6.45, 7) is 0. The quantitative estimate of drug-likeness (QED) is 0.931. The molecule has 2 rings (SSSR count). The highest BCUT2D eigenvalue weighted by atomic mass is 35.5. The van der Waals surface area contributed by atoms with Crippen LogP contribution in [0, 0.1) is 5.92 Å². The summed E-state index contributed by atoms with van der Waals surface area (Å²) < 4.78 is 22.6. The number of carbonyl (C=O) groups is 1. The molecule has 7 heteroatoms. The highest BCUT2D eigenvalue weighted by Gasteiger charge is 2.29. The van der Waals surface area contributed by atoms with Crippen LogP contribution < -0.4 is 5.32 Å². The largest absolute Gasteiger partial charge is 0.326 e. The lowest BCUT2D eigenvalue weighted by molar-refractivity contribution is -0.116. The van der Waals surface area contributed by atoms with E-state index in [2.05, 4.69) is 5.32 Å². The lowest BCUT2D eigenvalue weighted by atomic mass is 10.1. The Hall–Kier alpha value is -0.780. The average molecular weight is 322 g/mol. The Morgan fingerprint density at radius 2 is 2.05 bits per heavy atom. The molecule has 1 atom stereocenters. The van der Waals surface area contributed by atoms with Gasteiger partial charge in [0.05, 0.1) is 21.6 Å². The van der Waals surface area contributed by atoms with Gasteiger partial charge in [0.1, 0.15) is 0 Å². The van der Waals surface area contributed by atoms with Gasteiger partial charge in [0, 0.05) is 12.1 Å². The number of sulfone groups is 1. The third-order valence-electron chi connectivity index (χ3n) is 3.00. The third-order valence-corrected chi connectivity index (χ3v) is 5.58. The normalized spacial score (nSPS) is 21.3. The number of hydrogen-bond acceptors (Lipinski definition) is 3. The molecule has 1 saturated heterocycles. The van der Waals surface area contributed by atoms with E-state index < -0.39 is 9.84 Å². The Morgan fingerprint density at radius 3 is 2.63 bits per heavy atom. The van der Waals surface area contributed by atoms with Crippen molar-refractivity contribution in [1.29, 1.82) is 0 Å². The molecular formula is C12H13Cl2NO3S. The van der Waals surface area contributed by atoms with Crippen LogP contribution in [0.25, 0.3) is 0 Å². The fourth-order valence-electron chi connectivity index (χ4n) is 2.08. The molecule has 0 radical (unpaired) electrons. The Morgan fingerprint density at radius 1 is 1.32 bits per heavy atom. The van der Waals surface area contributed by atoms with Crippen LogP contribution in [-0.4, -0.2) is 25.8 Å². The van der Waals surface area contributed by atoms with Crippen molar-refractivity contribution < 1.29 is 13.2 Å². The van der Waals surface area contributed by atoms with E-state index in [1.54, 1.807) is 18.2 Å². The molecule has 1 amide bonds. The first-order valence-electron chi connectivity index (χ1n) is 5.81. The molecular weight excluding hydrogens is 309 g/mol. The average Bonchev–Trinajstić information content (AvgIpc) is 2.63. The van der Waals surface area contributed by atoms with Gasteiger partial charge in [-0.2, -0.15) is 0 Å². The smallest absolute Gasteiger partial charge is 0.224 e. The highest BCUT2D eigenvalue weighted by Crippen LogP contribution is 2.26. The third kappa shape index (κ3) is 4.09. The van der Waals surface area contributed by atoms with Gasteiger partial charge < -0.3 is 5.32 Å². The Bertz CT molecular complexity index is 601. The van der Waals surface area contributed by atoms with Crippen LogP contribution in [-0.2, 0) is 14.6 Å². The number of benzene rings is 1. The summed E-state index contributed by atoms with van der Waals surface area (Å²) in [6, 6.07) is 4.81. The van der Waals surface area contributed by atoms with Crippen molar-refractivity contribution in [3.05, 3.63) is 28.2 Å². The second kappa shape index (κ2) is 5.69. The number of nitrogens with one attached hydrogen (secondary N) is 1. The van der Waals surface area contributed by atoms with E-state index in [1.165, 1.54) is 0 Å². The molecule has 0 aliphatic carbocycles. The second-order valence-corrected chi connectivity index (χ2v) is 7.69. The molecule has 0 saturated carbocycles. The Labute approximate surface area is 122 Å². The van der Waals surface area contributed by atoms with Crippen molar-refractivity contribution >= 4 is 44.6 Å².